The third kappa shape index (κ3) is 50.6. The fraction of sp³-hybridized carbons (Fsp3) is 0.877. The first kappa shape index (κ1) is 64.7. The number of carbonyl (C=O) groups excluding carboxylic acids is 1. The highest BCUT2D eigenvalue weighted by atomic mass is 31.2. The summed E-state index contributed by atoms with van der Waals surface area (Å²) in [5, 5.41) is 13.9. The Morgan fingerprint density at radius 3 is 1.21 bits per heavy atom. The van der Waals surface area contributed by atoms with Crippen LogP contribution in [-0.2, 0) is 18.4 Å². The molecule has 0 fully saturated rings. The lowest BCUT2D eigenvalue weighted by atomic mass is 10.0. The van der Waals surface area contributed by atoms with Gasteiger partial charge in [0.15, 0.2) is 0 Å². The van der Waals surface area contributed by atoms with E-state index in [0.29, 0.717) is 17.4 Å². The molecule has 3 atom stereocenters. The van der Waals surface area contributed by atoms with Crippen molar-refractivity contribution in [3.63, 3.8) is 0 Å². The summed E-state index contributed by atoms with van der Waals surface area (Å²) >= 11 is 0. The largest absolute Gasteiger partial charge is 0.472 e. The number of phosphoric acid groups is 1. The van der Waals surface area contributed by atoms with Gasteiger partial charge in [-0.3, -0.25) is 13.8 Å². The van der Waals surface area contributed by atoms with Crippen molar-refractivity contribution in [2.75, 3.05) is 40.9 Å². The molecule has 0 rings (SSSR count). The molecule has 66 heavy (non-hydrogen) atoms. The molecule has 1 amide bonds. The van der Waals surface area contributed by atoms with Gasteiger partial charge >= 0.3 is 7.82 Å². The molecule has 9 heteroatoms. The molecule has 0 aromatic carbocycles. The zero-order valence-electron chi connectivity index (χ0n) is 44.4. The molecule has 8 nitrogen and oxygen atoms in total. The Balaban J connectivity index is 4.27. The Morgan fingerprint density at radius 1 is 0.500 bits per heavy atom. The van der Waals surface area contributed by atoms with Crippen molar-refractivity contribution in [2.45, 2.75) is 283 Å². The van der Waals surface area contributed by atoms with E-state index in [1.807, 2.05) is 27.2 Å². The van der Waals surface area contributed by atoms with E-state index in [0.717, 1.165) is 38.5 Å². The number of nitrogens with zero attached hydrogens (tertiary/aromatic N) is 1. The van der Waals surface area contributed by atoms with Gasteiger partial charge in [0.05, 0.1) is 39.9 Å². The van der Waals surface area contributed by atoms with Crippen LogP contribution in [0.25, 0.3) is 0 Å². The summed E-state index contributed by atoms with van der Waals surface area (Å²) in [5.74, 6) is -0.186. The highest BCUT2D eigenvalue weighted by Gasteiger charge is 2.27. The highest BCUT2D eigenvalue weighted by molar-refractivity contribution is 7.47. The van der Waals surface area contributed by atoms with Crippen LogP contribution in [0.3, 0.4) is 0 Å². The second-order valence-electron chi connectivity index (χ2n) is 20.7. The standard InChI is InChI=1S/C57H111N2O6P/c1-6-8-10-12-14-16-18-20-22-24-26-28-29-31-32-34-36-38-40-42-44-46-48-50-56(60)55(54-65-66(62,63)64-53-52-59(3,4)5)58-57(61)51-49-47-45-43-41-39-37-35-33-30-27-25-23-21-19-17-15-13-11-9-7-2/h25,27,40,42,48,50,55-56,60H,6-24,26,28-39,41,43-47,49,51-54H2,1-5H3,(H-,58,61,62,63)/p+1/b27-25-,42-40+,50-48+. The number of aliphatic hydroxyl groups is 1. The minimum absolute atomic E-state index is 0.0564. The lowest BCUT2D eigenvalue weighted by molar-refractivity contribution is -0.870. The van der Waals surface area contributed by atoms with Gasteiger partial charge in [0.1, 0.15) is 13.2 Å². The number of phosphoric ester groups is 1. The summed E-state index contributed by atoms with van der Waals surface area (Å²) in [7, 11) is 1.56. The van der Waals surface area contributed by atoms with Gasteiger partial charge in [-0.2, -0.15) is 0 Å². The zero-order chi connectivity index (χ0) is 48.5. The van der Waals surface area contributed by atoms with Gasteiger partial charge in [-0.25, -0.2) is 4.57 Å². The third-order valence-electron chi connectivity index (χ3n) is 12.8. The molecule has 0 saturated carbocycles. The quantitative estimate of drug-likeness (QED) is 0.0243. The van der Waals surface area contributed by atoms with Crippen molar-refractivity contribution in [2.24, 2.45) is 0 Å². The number of unbranched alkanes of at least 4 members (excludes halogenated alkanes) is 35. The molecule has 390 valence electrons. The number of aliphatic hydroxyl groups excluding tert-OH is 1. The van der Waals surface area contributed by atoms with Crippen molar-refractivity contribution in [3.8, 4) is 0 Å². The van der Waals surface area contributed by atoms with Crippen LogP contribution in [0.5, 0.6) is 0 Å². The predicted octanol–water partition coefficient (Wildman–Crippen LogP) is 17.0. The first-order valence-electron chi connectivity index (χ1n) is 28.4. The fourth-order valence-corrected chi connectivity index (χ4v) is 9.08. The summed E-state index contributed by atoms with van der Waals surface area (Å²) < 4.78 is 23.7. The lowest BCUT2D eigenvalue weighted by Crippen LogP contribution is -2.45. The first-order chi connectivity index (χ1) is 32.0. The van der Waals surface area contributed by atoms with E-state index in [2.05, 4.69) is 43.5 Å². The van der Waals surface area contributed by atoms with Crippen LogP contribution in [0, 0.1) is 0 Å². The fourth-order valence-electron chi connectivity index (χ4n) is 8.35. The van der Waals surface area contributed by atoms with Gasteiger partial charge in [0.25, 0.3) is 0 Å². The molecule has 0 bridgehead atoms. The molecule has 0 spiro atoms. The number of carbonyl (C=O) groups is 1. The van der Waals surface area contributed by atoms with E-state index in [1.54, 1.807) is 6.08 Å². The van der Waals surface area contributed by atoms with E-state index < -0.39 is 20.0 Å². The zero-order valence-corrected chi connectivity index (χ0v) is 45.3. The second kappa shape index (κ2) is 48.7. The van der Waals surface area contributed by atoms with E-state index in [4.69, 9.17) is 9.05 Å². The van der Waals surface area contributed by atoms with Gasteiger partial charge in [-0.05, 0) is 57.8 Å². The Labute approximate surface area is 410 Å². The number of amides is 1. The van der Waals surface area contributed by atoms with Gasteiger partial charge in [-0.1, -0.05) is 243 Å². The monoisotopic (exact) mass is 952 g/mol. The number of hydrogen-bond donors (Lipinski definition) is 3. The molecule has 3 N–H and O–H groups in total. The van der Waals surface area contributed by atoms with Crippen molar-refractivity contribution < 1.29 is 32.9 Å². The number of allylic oxidation sites excluding steroid dienone is 5. The van der Waals surface area contributed by atoms with E-state index in [9.17, 15) is 19.4 Å². The van der Waals surface area contributed by atoms with Crippen LogP contribution in [-0.4, -0.2) is 73.4 Å². The summed E-state index contributed by atoms with van der Waals surface area (Å²) in [5.41, 5.74) is 0. The lowest BCUT2D eigenvalue weighted by Gasteiger charge is -2.25. The third-order valence-corrected chi connectivity index (χ3v) is 13.8. The van der Waals surface area contributed by atoms with Crippen molar-refractivity contribution in [1.82, 2.24) is 5.32 Å². The maximum Gasteiger partial charge on any atom is 0.472 e. The van der Waals surface area contributed by atoms with E-state index in [-0.39, 0.29) is 19.1 Å². The number of quaternary nitrogens is 1. The maximum atomic E-state index is 13.0. The van der Waals surface area contributed by atoms with Gasteiger partial charge in [0, 0.05) is 6.42 Å². The minimum atomic E-state index is -4.35. The smallest absolute Gasteiger partial charge is 0.387 e. The maximum absolute atomic E-state index is 13.0. The van der Waals surface area contributed by atoms with Crippen molar-refractivity contribution >= 4 is 13.7 Å². The summed E-state index contributed by atoms with van der Waals surface area (Å²) in [6.07, 6.45) is 62.4. The summed E-state index contributed by atoms with van der Waals surface area (Å²) in [4.78, 5) is 23.3. The van der Waals surface area contributed by atoms with Crippen LogP contribution < -0.4 is 5.32 Å². The first-order valence-corrected chi connectivity index (χ1v) is 29.9. The molecule has 0 aromatic heterocycles. The van der Waals surface area contributed by atoms with Crippen LogP contribution in [0.1, 0.15) is 271 Å². The minimum Gasteiger partial charge on any atom is -0.387 e. The Hall–Kier alpha value is -1.28. The average Bonchev–Trinajstić information content (AvgIpc) is 3.28. The molecule has 0 aliphatic heterocycles. The molecule has 0 aromatic rings. The molecule has 3 unspecified atom stereocenters. The SMILES string of the molecule is CCCCCCCCCC/C=C\CCCCCCCCCCCC(=O)NC(COP(=O)(O)OCC[N+](C)(C)C)C(O)/C=C/CC/C=C/CCCCCCCCCCCCCCCCCCC. The molecule has 0 aliphatic rings. The number of rotatable bonds is 52. The molecule has 0 heterocycles. The van der Waals surface area contributed by atoms with Crippen molar-refractivity contribution in [3.05, 3.63) is 36.5 Å². The Bertz CT molecular complexity index is 1170. The van der Waals surface area contributed by atoms with Gasteiger partial charge in [0.2, 0.25) is 5.91 Å². The van der Waals surface area contributed by atoms with Gasteiger partial charge in [-0.15, -0.1) is 0 Å². The van der Waals surface area contributed by atoms with Crippen LogP contribution in [0.2, 0.25) is 0 Å². The van der Waals surface area contributed by atoms with E-state index >= 15 is 0 Å². The number of likely N-dealkylation sites (N-methyl/N-ethyl adjacent to an activating group) is 1. The molecule has 0 aliphatic carbocycles. The van der Waals surface area contributed by atoms with Crippen LogP contribution in [0.4, 0.5) is 0 Å². The van der Waals surface area contributed by atoms with Crippen LogP contribution in [0.15, 0.2) is 36.5 Å². The predicted molar refractivity (Wildman–Crippen MR) is 286 cm³/mol. The molecule has 0 saturated heterocycles. The summed E-state index contributed by atoms with van der Waals surface area (Å²) in [6, 6.07) is -0.864. The number of hydrogen-bond acceptors (Lipinski definition) is 5. The average molecular weight is 953 g/mol. The van der Waals surface area contributed by atoms with E-state index in [1.165, 1.54) is 212 Å². The summed E-state index contributed by atoms with van der Waals surface area (Å²) in [6.45, 7) is 4.82. The van der Waals surface area contributed by atoms with Gasteiger partial charge < -0.3 is 19.8 Å². The van der Waals surface area contributed by atoms with Crippen LogP contribution >= 0.6 is 7.82 Å². The normalized spacial score (nSPS) is 14.2. The topological polar surface area (TPSA) is 105 Å². The second-order valence-corrected chi connectivity index (χ2v) is 22.1. The molecular weight excluding hydrogens is 840 g/mol. The Kier molecular flexibility index (Phi) is 47.8. The van der Waals surface area contributed by atoms with Crippen molar-refractivity contribution in [1.29, 1.82) is 0 Å². The number of nitrogens with one attached hydrogen (secondary N) is 1. The highest BCUT2D eigenvalue weighted by Crippen LogP contribution is 2.43. The molecule has 0 radical (unpaired) electrons. The molecular formula is C57H112N2O6P+. The Morgan fingerprint density at radius 2 is 0.833 bits per heavy atom.